The van der Waals surface area contributed by atoms with Crippen LogP contribution in [-0.4, -0.2) is 60.8 Å². The van der Waals surface area contributed by atoms with Gasteiger partial charge in [-0.05, 0) is 88.1 Å². The Morgan fingerprint density at radius 1 is 0.641 bits per heavy atom. The molecule has 0 aliphatic rings. The van der Waals surface area contributed by atoms with Crippen molar-refractivity contribution in [3.8, 4) is 23.0 Å². The van der Waals surface area contributed by atoms with Crippen molar-refractivity contribution in [3.63, 3.8) is 0 Å². The van der Waals surface area contributed by atoms with Crippen molar-refractivity contribution >= 4 is 11.9 Å². The van der Waals surface area contributed by atoms with Crippen LogP contribution in [0.4, 0.5) is 0 Å². The van der Waals surface area contributed by atoms with E-state index in [9.17, 15) is 19.8 Å². The molecule has 0 bridgehead atoms. The molecule has 0 radical (unpaired) electrons. The number of carbonyl (C=O) groups excluding carboxylic acids is 2. The van der Waals surface area contributed by atoms with E-state index in [1.54, 1.807) is 24.3 Å². The van der Waals surface area contributed by atoms with Gasteiger partial charge in [-0.25, -0.2) is 9.59 Å². The number of hydrogen-bond donors (Lipinski definition) is 2. The van der Waals surface area contributed by atoms with Crippen molar-refractivity contribution in [3.05, 3.63) is 70.8 Å². The molecule has 9 heteroatoms. The van der Waals surface area contributed by atoms with Gasteiger partial charge in [0.1, 0.15) is 61.6 Å². The van der Waals surface area contributed by atoms with Crippen molar-refractivity contribution in [2.75, 3.05) is 26.4 Å². The maximum atomic E-state index is 11.5. The summed E-state index contributed by atoms with van der Waals surface area (Å²) in [7, 11) is 0. The zero-order valence-corrected chi connectivity index (χ0v) is 23.5. The predicted molar refractivity (Wildman–Crippen MR) is 146 cm³/mol. The second-order valence-electron chi connectivity index (χ2n) is 9.41. The molecule has 0 saturated heterocycles. The Morgan fingerprint density at radius 2 is 0.949 bits per heavy atom. The minimum Gasteiger partial charge on any atom is -0.490 e. The van der Waals surface area contributed by atoms with E-state index >= 15 is 0 Å². The molecule has 39 heavy (non-hydrogen) atoms. The van der Waals surface area contributed by atoms with Crippen LogP contribution < -0.4 is 14.2 Å². The molecule has 2 atom stereocenters. The Morgan fingerprint density at radius 3 is 1.28 bits per heavy atom. The van der Waals surface area contributed by atoms with Crippen LogP contribution in [0, 0.1) is 27.7 Å². The van der Waals surface area contributed by atoms with Gasteiger partial charge in [0, 0.05) is 11.1 Å². The highest BCUT2D eigenvalue weighted by molar-refractivity contribution is 5.87. The van der Waals surface area contributed by atoms with Gasteiger partial charge < -0.3 is 33.9 Å². The van der Waals surface area contributed by atoms with Crippen molar-refractivity contribution in [2.45, 2.75) is 53.8 Å². The first-order valence-electron chi connectivity index (χ1n) is 12.5. The summed E-state index contributed by atoms with van der Waals surface area (Å²) in [6.45, 7) is 17.2. The third-order valence-corrected chi connectivity index (χ3v) is 5.97. The van der Waals surface area contributed by atoms with Gasteiger partial charge in [-0.3, -0.25) is 0 Å². The Kier molecular flexibility index (Phi) is 11.6. The lowest BCUT2D eigenvalue weighted by molar-refractivity contribution is -0.143. The minimum atomic E-state index is -0.984. The van der Waals surface area contributed by atoms with Crippen molar-refractivity contribution in [1.82, 2.24) is 0 Å². The van der Waals surface area contributed by atoms with E-state index < -0.39 is 24.1 Å². The zero-order chi connectivity index (χ0) is 29.3. The lowest BCUT2D eigenvalue weighted by atomic mass is 10.1. The lowest BCUT2D eigenvalue weighted by Crippen LogP contribution is -2.25. The fourth-order valence-electron chi connectivity index (χ4n) is 3.25. The molecule has 2 rings (SSSR count). The number of esters is 2. The maximum Gasteiger partial charge on any atom is 0.333 e. The van der Waals surface area contributed by atoms with Crippen LogP contribution in [0.25, 0.3) is 0 Å². The Bertz CT molecular complexity index is 1120. The molecule has 0 fully saturated rings. The summed E-state index contributed by atoms with van der Waals surface area (Å²) in [5.41, 5.74) is 3.93. The molecule has 2 N–H and O–H groups in total. The zero-order valence-electron chi connectivity index (χ0n) is 23.5. The summed E-state index contributed by atoms with van der Waals surface area (Å²) in [6, 6.07) is 7.08. The summed E-state index contributed by atoms with van der Waals surface area (Å²) < 4.78 is 27.6. The number of carbonyl (C=O) groups is 2. The Hall–Kier alpha value is -3.82. The second-order valence-corrected chi connectivity index (χ2v) is 9.41. The second kappa shape index (κ2) is 14.4. The van der Waals surface area contributed by atoms with Crippen LogP contribution >= 0.6 is 0 Å². The van der Waals surface area contributed by atoms with E-state index in [1.165, 1.54) is 13.8 Å². The first-order chi connectivity index (χ1) is 18.3. The highest BCUT2D eigenvalue weighted by Gasteiger charge is 2.16. The van der Waals surface area contributed by atoms with E-state index in [2.05, 4.69) is 13.2 Å². The summed E-state index contributed by atoms with van der Waals surface area (Å²) in [5.74, 6) is 1.31. The lowest BCUT2D eigenvalue weighted by Gasteiger charge is -2.19. The van der Waals surface area contributed by atoms with Crippen LogP contribution in [0.1, 0.15) is 36.1 Å². The van der Waals surface area contributed by atoms with Gasteiger partial charge in [0.2, 0.25) is 0 Å². The number of aliphatic hydroxyl groups excluding tert-OH is 2. The monoisotopic (exact) mass is 542 g/mol. The van der Waals surface area contributed by atoms with Gasteiger partial charge in [-0.1, -0.05) is 13.2 Å². The largest absolute Gasteiger partial charge is 0.490 e. The van der Waals surface area contributed by atoms with Crippen LogP contribution in [0.5, 0.6) is 23.0 Å². The smallest absolute Gasteiger partial charge is 0.333 e. The summed E-state index contributed by atoms with van der Waals surface area (Å²) in [6.07, 6.45) is -1.97. The molecule has 0 spiro atoms. The standard InChI is InChI=1S/C30H38O9/c1-17(2)29(33)37-15-23(31)13-35-25-9-11-27(21(7)19(25)5)39-28-12-10-26(20(6)22(28)8)36-14-24(32)16-38-30(34)18(3)4/h9-12,23-24,31-32H,1,3,13-16H2,2,4-8H3. The molecule has 0 aliphatic heterocycles. The van der Waals surface area contributed by atoms with Crippen LogP contribution in [0.2, 0.25) is 0 Å². The fraction of sp³-hybridized carbons (Fsp3) is 0.400. The highest BCUT2D eigenvalue weighted by Crippen LogP contribution is 2.36. The molecule has 0 saturated carbocycles. The highest BCUT2D eigenvalue weighted by atomic mass is 16.6. The van der Waals surface area contributed by atoms with Crippen LogP contribution in [0.3, 0.4) is 0 Å². The first-order valence-corrected chi connectivity index (χ1v) is 12.5. The van der Waals surface area contributed by atoms with Gasteiger partial charge in [-0.2, -0.15) is 0 Å². The van der Waals surface area contributed by atoms with E-state index in [0.29, 0.717) is 23.0 Å². The van der Waals surface area contributed by atoms with E-state index in [-0.39, 0.29) is 37.6 Å². The van der Waals surface area contributed by atoms with E-state index in [1.807, 2.05) is 27.7 Å². The van der Waals surface area contributed by atoms with Gasteiger partial charge in [0.15, 0.2) is 0 Å². The van der Waals surface area contributed by atoms with Crippen molar-refractivity contribution in [1.29, 1.82) is 0 Å². The Labute approximate surface area is 229 Å². The minimum absolute atomic E-state index is 0.0469. The molecule has 212 valence electrons. The van der Waals surface area contributed by atoms with Crippen LogP contribution in [0.15, 0.2) is 48.6 Å². The first kappa shape index (κ1) is 31.4. The average Bonchev–Trinajstić information content (AvgIpc) is 2.89. The number of ether oxygens (including phenoxy) is 5. The van der Waals surface area contributed by atoms with Gasteiger partial charge in [-0.15, -0.1) is 0 Å². The molecule has 2 aromatic carbocycles. The van der Waals surface area contributed by atoms with Crippen molar-refractivity contribution in [2.24, 2.45) is 0 Å². The molecule has 9 nitrogen and oxygen atoms in total. The number of benzene rings is 2. The van der Waals surface area contributed by atoms with Gasteiger partial charge in [0.25, 0.3) is 0 Å². The van der Waals surface area contributed by atoms with Gasteiger partial charge >= 0.3 is 11.9 Å². The predicted octanol–water partition coefficient (Wildman–Crippen LogP) is 4.43. The molecule has 2 aromatic rings. The normalized spacial score (nSPS) is 12.2. The summed E-state index contributed by atoms with van der Waals surface area (Å²) in [5, 5.41) is 20.1. The summed E-state index contributed by atoms with van der Waals surface area (Å²) in [4.78, 5) is 22.9. The molecule has 0 aromatic heterocycles. The molecule has 0 aliphatic carbocycles. The molecular weight excluding hydrogens is 504 g/mol. The number of rotatable bonds is 14. The Balaban J connectivity index is 2.00. The molecule has 0 amide bonds. The molecular formula is C30H38O9. The van der Waals surface area contributed by atoms with E-state index in [4.69, 9.17) is 23.7 Å². The van der Waals surface area contributed by atoms with Crippen LogP contribution in [-0.2, 0) is 19.1 Å². The van der Waals surface area contributed by atoms with Gasteiger partial charge in [0.05, 0.1) is 0 Å². The molecule has 0 heterocycles. The summed E-state index contributed by atoms with van der Waals surface area (Å²) >= 11 is 0. The van der Waals surface area contributed by atoms with E-state index in [0.717, 1.165) is 22.3 Å². The SMILES string of the molecule is C=C(C)C(=O)OCC(O)COc1ccc(Oc2ccc(OCC(O)COC(=O)C(=C)C)c(C)c2C)c(C)c1C. The van der Waals surface area contributed by atoms with Crippen molar-refractivity contribution < 1.29 is 43.5 Å². The molecule has 2 unspecified atom stereocenters. The number of aliphatic hydroxyl groups is 2. The third-order valence-electron chi connectivity index (χ3n) is 5.97. The number of hydrogen-bond acceptors (Lipinski definition) is 9. The third kappa shape index (κ3) is 9.15. The average molecular weight is 543 g/mol. The quantitative estimate of drug-likeness (QED) is 0.264. The fourth-order valence-corrected chi connectivity index (χ4v) is 3.25. The maximum absolute atomic E-state index is 11.5. The topological polar surface area (TPSA) is 121 Å².